The van der Waals surface area contributed by atoms with Crippen LogP contribution in [0.1, 0.15) is 77.6 Å². The van der Waals surface area contributed by atoms with Gasteiger partial charge in [0.15, 0.2) is 0 Å². The number of aliphatic carboxylic acids is 1. The summed E-state index contributed by atoms with van der Waals surface area (Å²) in [5.41, 5.74) is 8.01. The third-order valence-corrected chi connectivity index (χ3v) is 8.22. The van der Waals surface area contributed by atoms with Crippen molar-refractivity contribution in [1.82, 2.24) is 4.98 Å². The number of fused-ring (bicyclic) bond motifs is 3. The van der Waals surface area contributed by atoms with E-state index < -0.39 is 10.7 Å². The van der Waals surface area contributed by atoms with Gasteiger partial charge in [0.1, 0.15) is 12.4 Å². The molecule has 1 aliphatic heterocycles. The maximum Gasteiger partial charge on any atom is 1.00 e. The molecule has 180 valence electrons. The Morgan fingerprint density at radius 3 is 2.69 bits per heavy atom. The molecule has 0 radical (unpaired) electrons. The molecule has 1 unspecified atom stereocenters. The Bertz CT molecular complexity index is 1290. The van der Waals surface area contributed by atoms with Gasteiger partial charge in [-0.1, -0.05) is 56.3 Å². The van der Waals surface area contributed by atoms with Gasteiger partial charge in [-0.3, -0.25) is 4.98 Å². The van der Waals surface area contributed by atoms with E-state index in [0.29, 0.717) is 6.61 Å². The maximum absolute atomic E-state index is 11.4. The van der Waals surface area contributed by atoms with Gasteiger partial charge >= 0.3 is 29.6 Å². The Balaban J connectivity index is 0.00000304. The molecular weight excluding hydrogens is 477 g/mol. The van der Waals surface area contributed by atoms with Crippen molar-refractivity contribution in [3.05, 3.63) is 93.8 Å². The van der Waals surface area contributed by atoms with Gasteiger partial charge in [-0.15, -0.1) is 11.8 Å². The van der Waals surface area contributed by atoms with E-state index in [1.807, 2.05) is 32.0 Å². The van der Waals surface area contributed by atoms with Gasteiger partial charge in [-0.25, -0.2) is 0 Å². The van der Waals surface area contributed by atoms with Crippen LogP contribution in [0.15, 0.2) is 54.6 Å². The number of rotatable bonds is 6. The summed E-state index contributed by atoms with van der Waals surface area (Å²) in [5.74, 6) is -0.192. The molecule has 2 aromatic carbocycles. The van der Waals surface area contributed by atoms with Crippen molar-refractivity contribution >= 4 is 29.9 Å². The number of thioether (sulfide) groups is 1. The predicted octanol–water partition coefficient (Wildman–Crippen LogP) is 2.77. The Labute approximate surface area is 239 Å². The van der Waals surface area contributed by atoms with Crippen LogP contribution < -0.4 is 39.4 Å². The second-order valence-corrected chi connectivity index (χ2v) is 11.8. The molecule has 0 bridgehead atoms. The van der Waals surface area contributed by atoms with E-state index in [1.54, 1.807) is 11.8 Å². The van der Waals surface area contributed by atoms with Crippen LogP contribution in [-0.4, -0.2) is 15.7 Å². The summed E-state index contributed by atoms with van der Waals surface area (Å²) >= 11 is 1.65. The second kappa shape index (κ2) is 11.6. The third-order valence-electron chi connectivity index (χ3n) is 6.69. The summed E-state index contributed by atoms with van der Waals surface area (Å²) in [5, 5.41) is 11.4. The van der Waals surface area contributed by atoms with E-state index in [2.05, 4.69) is 48.6 Å². The van der Waals surface area contributed by atoms with Gasteiger partial charge in [0.05, 0.1) is 10.9 Å². The van der Waals surface area contributed by atoms with Crippen molar-refractivity contribution in [3.8, 4) is 5.75 Å². The number of pyridine rings is 1. The van der Waals surface area contributed by atoms with E-state index in [9.17, 15) is 9.90 Å². The quantitative estimate of drug-likeness (QED) is 0.481. The van der Waals surface area contributed by atoms with Crippen LogP contribution in [-0.2, 0) is 24.2 Å². The minimum Gasteiger partial charge on any atom is -0.550 e. The molecule has 0 amide bonds. The first-order valence-electron chi connectivity index (χ1n) is 12.3. The van der Waals surface area contributed by atoms with Crippen molar-refractivity contribution in [2.45, 2.75) is 62.6 Å². The molecule has 1 atom stereocenters. The molecule has 36 heavy (non-hydrogen) atoms. The molecule has 4 nitrogen and oxygen atoms in total. The summed E-state index contributed by atoms with van der Waals surface area (Å²) in [6, 6.07) is 18.8. The Morgan fingerprint density at radius 2 is 1.86 bits per heavy atom. The van der Waals surface area contributed by atoms with Crippen LogP contribution in [0.25, 0.3) is 12.2 Å². The molecule has 1 aliphatic carbocycles. The van der Waals surface area contributed by atoms with E-state index in [0.717, 1.165) is 41.0 Å². The molecule has 0 spiro atoms. The van der Waals surface area contributed by atoms with Crippen molar-refractivity contribution in [1.29, 1.82) is 0 Å². The summed E-state index contributed by atoms with van der Waals surface area (Å²) in [6.07, 6.45) is 8.82. The molecule has 6 heteroatoms. The molecule has 0 N–H and O–H groups in total. The van der Waals surface area contributed by atoms with Gasteiger partial charge in [-0.05, 0) is 72.2 Å². The van der Waals surface area contributed by atoms with E-state index in [1.165, 1.54) is 29.7 Å². The number of carbonyl (C=O) groups is 1. The predicted molar refractivity (Wildman–Crippen MR) is 140 cm³/mol. The minimum absolute atomic E-state index is 0. The summed E-state index contributed by atoms with van der Waals surface area (Å²) in [4.78, 5) is 16.3. The number of hydrogen-bond acceptors (Lipinski definition) is 5. The van der Waals surface area contributed by atoms with E-state index in [-0.39, 0.29) is 41.2 Å². The number of carboxylic acid groups (broad SMARTS) is 1. The number of nitrogens with zero attached hydrogens (tertiary/aromatic N) is 1. The summed E-state index contributed by atoms with van der Waals surface area (Å²) in [6.45, 7) is 4.43. The molecule has 0 saturated carbocycles. The molecule has 1 aromatic heterocycles. The zero-order valence-electron chi connectivity index (χ0n) is 21.3. The van der Waals surface area contributed by atoms with E-state index in [4.69, 9.17) is 9.72 Å². The van der Waals surface area contributed by atoms with Crippen LogP contribution >= 0.6 is 11.8 Å². The van der Waals surface area contributed by atoms with Gasteiger partial charge in [0, 0.05) is 28.4 Å². The first-order chi connectivity index (χ1) is 16.9. The SMILES string of the molecule is CC(C)(CC(=O)[O-])SC1c2ccccc2COc2ccc(C=Cc3ccc4c(n3)CCCC4)cc21.[Na+]. The Hall–Kier alpha value is -2.05. The van der Waals surface area contributed by atoms with Crippen LogP contribution in [0.3, 0.4) is 0 Å². The molecule has 2 heterocycles. The first kappa shape index (κ1) is 27.0. The van der Waals surface area contributed by atoms with Gasteiger partial charge in [0.2, 0.25) is 0 Å². The number of benzene rings is 2. The fourth-order valence-corrected chi connectivity index (χ4v) is 6.47. The first-order valence-corrected chi connectivity index (χ1v) is 13.1. The monoisotopic (exact) mass is 507 g/mol. The van der Waals surface area contributed by atoms with Crippen LogP contribution in [0.4, 0.5) is 0 Å². The average molecular weight is 508 g/mol. The molecule has 0 fully saturated rings. The Morgan fingerprint density at radius 1 is 1.06 bits per heavy atom. The number of ether oxygens (including phenoxy) is 1. The third kappa shape index (κ3) is 6.25. The number of carboxylic acids is 1. The van der Waals surface area contributed by atoms with Gasteiger partial charge in [-0.2, -0.15) is 0 Å². The Kier molecular flexibility index (Phi) is 8.67. The number of carbonyl (C=O) groups excluding carboxylic acids is 1. The number of aryl methyl sites for hydroxylation is 2. The van der Waals surface area contributed by atoms with Crippen molar-refractivity contribution in [3.63, 3.8) is 0 Å². The average Bonchev–Trinajstić information content (AvgIpc) is 2.98. The number of hydrogen-bond donors (Lipinski definition) is 0. The van der Waals surface area contributed by atoms with Crippen LogP contribution in [0.2, 0.25) is 0 Å². The van der Waals surface area contributed by atoms with Crippen LogP contribution in [0.5, 0.6) is 5.75 Å². The molecule has 0 saturated heterocycles. The zero-order valence-corrected chi connectivity index (χ0v) is 24.1. The fourth-order valence-electron chi connectivity index (χ4n) is 4.96. The molecular formula is C30H30NNaO3S. The van der Waals surface area contributed by atoms with E-state index >= 15 is 0 Å². The molecule has 2 aliphatic rings. The standard InChI is InChI=1S/C30H31NO3S.Na/c1-30(2,18-28(32)33)35-29-24-9-5-3-8-22(24)19-34-27-16-12-20(17-25(27)29)11-14-23-15-13-21-7-4-6-10-26(21)31-23;/h3,5,8-9,11-17,29H,4,6-7,10,18-19H2,1-2H3,(H,32,33);/q;+1/p-1. The molecule has 3 aromatic rings. The maximum atomic E-state index is 11.4. The van der Waals surface area contributed by atoms with Gasteiger partial charge in [0.25, 0.3) is 0 Å². The summed E-state index contributed by atoms with van der Waals surface area (Å²) < 4.78 is 5.70. The fraction of sp³-hybridized carbons (Fsp3) is 0.333. The van der Waals surface area contributed by atoms with Crippen molar-refractivity contribution in [2.24, 2.45) is 0 Å². The van der Waals surface area contributed by atoms with Crippen LogP contribution in [0, 0.1) is 0 Å². The summed E-state index contributed by atoms with van der Waals surface area (Å²) in [7, 11) is 0. The molecule has 5 rings (SSSR count). The smallest absolute Gasteiger partial charge is 0.550 e. The zero-order chi connectivity index (χ0) is 24.4. The topological polar surface area (TPSA) is 62.2 Å². The van der Waals surface area contributed by atoms with Crippen molar-refractivity contribution in [2.75, 3.05) is 0 Å². The second-order valence-electron chi connectivity index (χ2n) is 9.97. The van der Waals surface area contributed by atoms with Gasteiger partial charge < -0.3 is 14.6 Å². The minimum atomic E-state index is -1.03. The number of aromatic nitrogens is 1. The largest absolute Gasteiger partial charge is 1.00 e. The normalized spacial score (nSPS) is 16.7. The van der Waals surface area contributed by atoms with Crippen molar-refractivity contribution < 1.29 is 44.2 Å².